The van der Waals surface area contributed by atoms with E-state index in [4.69, 9.17) is 17.0 Å². The summed E-state index contributed by atoms with van der Waals surface area (Å²) in [6, 6.07) is 3.18. The molecule has 1 aliphatic rings. The number of amides is 1. The van der Waals surface area contributed by atoms with Crippen LogP contribution in [0.5, 0.6) is 11.5 Å². The molecule has 1 aromatic rings. The molecule has 7 heteroatoms. The van der Waals surface area contributed by atoms with Crippen LogP contribution >= 0.6 is 39.9 Å². The number of phenols is 1. The normalized spacial score (nSPS) is 17.4. The number of carbonyl (C=O) groups excluding carboxylic acids is 1. The number of halogens is 1. The largest absolute Gasteiger partial charge is 0.504 e. The van der Waals surface area contributed by atoms with Gasteiger partial charge in [0, 0.05) is 11.5 Å². The van der Waals surface area contributed by atoms with E-state index in [1.165, 1.54) is 29.8 Å². The van der Waals surface area contributed by atoms with Crippen molar-refractivity contribution in [3.63, 3.8) is 0 Å². The van der Waals surface area contributed by atoms with Gasteiger partial charge in [0.1, 0.15) is 4.32 Å². The minimum Gasteiger partial charge on any atom is -0.504 e. The highest BCUT2D eigenvalue weighted by Crippen LogP contribution is 2.36. The minimum atomic E-state index is -0.131. The molecule has 0 aliphatic carbocycles. The zero-order valence-electron chi connectivity index (χ0n) is 10.1. The number of rotatable bonds is 2. The maximum absolute atomic E-state index is 11.9. The average molecular weight is 360 g/mol. The average Bonchev–Trinajstić information content (AvgIpc) is 2.60. The van der Waals surface area contributed by atoms with Crippen LogP contribution in [-0.4, -0.2) is 34.4 Å². The first kappa shape index (κ1) is 14.4. The summed E-state index contributed by atoms with van der Waals surface area (Å²) in [4.78, 5) is 13.9. The number of benzene rings is 1. The predicted octanol–water partition coefficient (Wildman–Crippen LogP) is 2.99. The molecule has 0 unspecified atom stereocenters. The summed E-state index contributed by atoms with van der Waals surface area (Å²) in [6.07, 6.45) is 1.72. The van der Waals surface area contributed by atoms with Crippen molar-refractivity contribution in [2.75, 3.05) is 14.2 Å². The Labute approximate surface area is 128 Å². The molecule has 0 bridgehead atoms. The Kier molecular flexibility index (Phi) is 4.17. The van der Waals surface area contributed by atoms with Gasteiger partial charge < -0.3 is 9.84 Å². The smallest absolute Gasteiger partial charge is 0.265 e. The summed E-state index contributed by atoms with van der Waals surface area (Å²) in [7, 11) is 3.11. The number of thioether (sulfide) groups is 1. The van der Waals surface area contributed by atoms with Crippen LogP contribution in [0.25, 0.3) is 6.08 Å². The lowest BCUT2D eigenvalue weighted by atomic mass is 10.2. The molecule has 1 aromatic carbocycles. The molecule has 0 spiro atoms. The van der Waals surface area contributed by atoms with Gasteiger partial charge in [-0.05, 0) is 23.8 Å². The number of hydrogen-bond acceptors (Lipinski definition) is 5. The monoisotopic (exact) mass is 359 g/mol. The summed E-state index contributed by atoms with van der Waals surface area (Å²) in [5, 5.41) is 9.64. The first-order chi connectivity index (χ1) is 8.93. The van der Waals surface area contributed by atoms with Crippen LogP contribution in [-0.2, 0) is 4.79 Å². The van der Waals surface area contributed by atoms with Crippen LogP contribution in [0.15, 0.2) is 21.5 Å². The van der Waals surface area contributed by atoms with Gasteiger partial charge in [0.2, 0.25) is 0 Å². The topological polar surface area (TPSA) is 49.8 Å². The van der Waals surface area contributed by atoms with Crippen molar-refractivity contribution in [1.82, 2.24) is 4.90 Å². The predicted molar refractivity (Wildman–Crippen MR) is 83.3 cm³/mol. The molecule has 0 atom stereocenters. The second-order valence-corrected chi connectivity index (χ2v) is 6.32. The molecule has 19 heavy (non-hydrogen) atoms. The van der Waals surface area contributed by atoms with Crippen molar-refractivity contribution in [1.29, 1.82) is 0 Å². The van der Waals surface area contributed by atoms with Gasteiger partial charge in [-0.2, -0.15) is 0 Å². The molecule has 0 radical (unpaired) electrons. The fourth-order valence-corrected chi connectivity index (χ4v) is 3.14. The number of carbonyl (C=O) groups is 1. The number of aromatic hydroxyl groups is 1. The Bertz CT molecular complexity index is 601. The summed E-state index contributed by atoms with van der Waals surface area (Å²) in [5.41, 5.74) is 0.739. The van der Waals surface area contributed by atoms with Crippen molar-refractivity contribution >= 4 is 56.2 Å². The van der Waals surface area contributed by atoms with E-state index in [0.717, 1.165) is 5.56 Å². The van der Waals surface area contributed by atoms with Gasteiger partial charge in [0.15, 0.2) is 11.5 Å². The number of phenolic OH excluding ortho intramolecular Hbond substituents is 1. The number of nitrogens with zero attached hydrogens (tertiary/aromatic N) is 1. The molecule has 0 saturated carbocycles. The molecule has 1 amide bonds. The highest BCUT2D eigenvalue weighted by atomic mass is 79.9. The molecule has 0 aromatic heterocycles. The number of ether oxygens (including phenoxy) is 1. The molecule has 1 saturated heterocycles. The molecule has 2 rings (SSSR count). The van der Waals surface area contributed by atoms with Gasteiger partial charge in [-0.1, -0.05) is 39.9 Å². The Morgan fingerprint density at radius 3 is 2.74 bits per heavy atom. The lowest BCUT2D eigenvalue weighted by molar-refractivity contribution is -0.121. The number of hydrogen-bond donors (Lipinski definition) is 1. The molecule has 1 N–H and O–H groups in total. The first-order valence-corrected chi connectivity index (χ1v) is 7.24. The van der Waals surface area contributed by atoms with Crippen LogP contribution in [0, 0.1) is 0 Å². The van der Waals surface area contributed by atoms with E-state index >= 15 is 0 Å². The van der Waals surface area contributed by atoms with Gasteiger partial charge >= 0.3 is 0 Å². The van der Waals surface area contributed by atoms with Gasteiger partial charge in [-0.15, -0.1) is 0 Å². The Morgan fingerprint density at radius 2 is 2.21 bits per heavy atom. The van der Waals surface area contributed by atoms with Crippen molar-refractivity contribution in [3.8, 4) is 11.5 Å². The fourth-order valence-electron chi connectivity index (χ4n) is 1.52. The Balaban J connectivity index is 2.44. The maximum atomic E-state index is 11.9. The van der Waals surface area contributed by atoms with Crippen LogP contribution in [0.1, 0.15) is 5.56 Å². The molecule has 1 fully saturated rings. The second-order valence-electron chi connectivity index (χ2n) is 3.79. The Hall–Kier alpha value is -1.05. The van der Waals surface area contributed by atoms with Crippen molar-refractivity contribution in [2.45, 2.75) is 0 Å². The van der Waals surface area contributed by atoms with Crippen LogP contribution in [0.4, 0.5) is 0 Å². The maximum Gasteiger partial charge on any atom is 0.265 e. The fraction of sp³-hybridized carbons (Fsp3) is 0.167. The van der Waals surface area contributed by atoms with Crippen LogP contribution in [0.3, 0.4) is 0 Å². The standard InChI is InChI=1S/C12H10BrNO3S2/c1-14-11(16)10(19-12(14)18)4-6-3-9(17-2)8(15)5-7(6)13/h3-5,15H,1-2H3/b10-4-. The van der Waals surface area contributed by atoms with Gasteiger partial charge in [0.25, 0.3) is 5.91 Å². The van der Waals surface area contributed by atoms with Gasteiger partial charge in [-0.25, -0.2) is 0 Å². The zero-order valence-corrected chi connectivity index (χ0v) is 13.4. The SMILES string of the molecule is COc1cc(/C=C2\SC(=S)N(C)C2=O)c(Br)cc1O. The van der Waals surface area contributed by atoms with Crippen molar-refractivity contribution in [2.24, 2.45) is 0 Å². The quantitative estimate of drug-likeness (QED) is 0.649. The molecular weight excluding hydrogens is 350 g/mol. The second kappa shape index (κ2) is 5.52. The molecule has 1 aliphatic heterocycles. The highest BCUT2D eigenvalue weighted by Gasteiger charge is 2.28. The summed E-state index contributed by atoms with van der Waals surface area (Å²) < 4.78 is 6.25. The van der Waals surface area contributed by atoms with E-state index in [1.807, 2.05) is 0 Å². The van der Waals surface area contributed by atoms with Gasteiger partial charge in [0.05, 0.1) is 12.0 Å². The van der Waals surface area contributed by atoms with Crippen LogP contribution in [0.2, 0.25) is 0 Å². The summed E-state index contributed by atoms with van der Waals surface area (Å²) >= 11 is 9.65. The highest BCUT2D eigenvalue weighted by molar-refractivity contribution is 9.10. The number of methoxy groups -OCH3 is 1. The van der Waals surface area contributed by atoms with E-state index in [9.17, 15) is 9.90 Å². The van der Waals surface area contributed by atoms with E-state index in [-0.39, 0.29) is 11.7 Å². The molecule has 1 heterocycles. The van der Waals surface area contributed by atoms with Crippen LogP contribution < -0.4 is 4.74 Å². The molecule has 4 nitrogen and oxygen atoms in total. The minimum absolute atomic E-state index is 0.0366. The van der Waals surface area contributed by atoms with E-state index < -0.39 is 0 Å². The van der Waals surface area contributed by atoms with Crippen molar-refractivity contribution < 1.29 is 14.6 Å². The van der Waals surface area contributed by atoms with E-state index in [2.05, 4.69) is 15.9 Å². The third kappa shape index (κ3) is 2.77. The summed E-state index contributed by atoms with van der Waals surface area (Å²) in [5.74, 6) is 0.255. The Morgan fingerprint density at radius 1 is 1.53 bits per heavy atom. The molecule has 100 valence electrons. The number of thiocarbonyl (C=S) groups is 1. The summed E-state index contributed by atoms with van der Waals surface area (Å²) in [6.45, 7) is 0. The lowest BCUT2D eigenvalue weighted by Crippen LogP contribution is -2.22. The third-order valence-electron chi connectivity index (χ3n) is 2.57. The zero-order chi connectivity index (χ0) is 14.2. The third-order valence-corrected chi connectivity index (χ3v) is 4.74. The van der Waals surface area contributed by atoms with Crippen molar-refractivity contribution in [3.05, 3.63) is 27.1 Å². The lowest BCUT2D eigenvalue weighted by Gasteiger charge is -2.07. The molecular formula is C12H10BrNO3S2. The number of likely N-dealkylation sites (N-methyl/N-ethyl adjacent to an activating group) is 1. The van der Waals surface area contributed by atoms with Gasteiger partial charge in [-0.3, -0.25) is 9.69 Å². The van der Waals surface area contributed by atoms with E-state index in [0.29, 0.717) is 19.4 Å². The first-order valence-electron chi connectivity index (χ1n) is 5.22. The van der Waals surface area contributed by atoms with E-state index in [1.54, 1.807) is 19.2 Å².